The van der Waals surface area contributed by atoms with Crippen molar-refractivity contribution >= 4 is 38.0 Å². The van der Waals surface area contributed by atoms with E-state index in [-0.39, 0.29) is 5.56 Å². The van der Waals surface area contributed by atoms with Crippen LogP contribution >= 0.6 is 22.7 Å². The van der Waals surface area contributed by atoms with Gasteiger partial charge in [-0.2, -0.15) is 5.10 Å². The Bertz CT molecular complexity index is 1210. The number of thiophene rings is 1. The van der Waals surface area contributed by atoms with Gasteiger partial charge in [-0.1, -0.05) is 47.2 Å². The van der Waals surface area contributed by atoms with Crippen molar-refractivity contribution in [1.29, 1.82) is 0 Å². The quantitative estimate of drug-likeness (QED) is 0.499. The molecule has 6 nitrogen and oxygen atoms in total. The topological polar surface area (TPSA) is 60.3 Å². The molecule has 148 valence electrons. The molecule has 5 rings (SSSR count). The van der Waals surface area contributed by atoms with Crippen molar-refractivity contribution in [1.82, 2.24) is 14.8 Å². The van der Waals surface area contributed by atoms with Gasteiger partial charge in [-0.05, 0) is 23.9 Å². The van der Waals surface area contributed by atoms with E-state index in [1.165, 1.54) is 5.56 Å². The molecule has 0 aliphatic carbocycles. The zero-order valence-corrected chi connectivity index (χ0v) is 17.6. The lowest BCUT2D eigenvalue weighted by Crippen LogP contribution is -2.36. The highest BCUT2D eigenvalue weighted by molar-refractivity contribution is 7.23. The lowest BCUT2D eigenvalue weighted by atomic mass is 10.1. The fourth-order valence-electron chi connectivity index (χ4n) is 3.50. The Morgan fingerprint density at radius 3 is 2.79 bits per heavy atom. The number of aromatic nitrogens is 3. The summed E-state index contributed by atoms with van der Waals surface area (Å²) in [5.41, 5.74) is 3.41. The highest BCUT2D eigenvalue weighted by Gasteiger charge is 2.22. The number of hydrogen-bond donors (Lipinski definition) is 0. The number of nitrogens with zero attached hydrogens (tertiary/aromatic N) is 4. The minimum Gasteiger partial charge on any atom is -0.378 e. The third-order valence-corrected chi connectivity index (χ3v) is 6.94. The van der Waals surface area contributed by atoms with Crippen LogP contribution in [0, 0.1) is 6.92 Å². The van der Waals surface area contributed by atoms with Crippen molar-refractivity contribution < 1.29 is 4.74 Å². The van der Waals surface area contributed by atoms with Crippen LogP contribution in [0.25, 0.3) is 20.8 Å². The summed E-state index contributed by atoms with van der Waals surface area (Å²) in [7, 11) is 0. The standard InChI is InChI=1S/C21H20N4O2S2/c1-14-4-2-5-15(12-14)13-25-20(26)18-19(17(23-25)16-6-3-11-28-16)29-21(22-18)24-7-9-27-10-8-24/h2-6,11-12H,7-10,13H2,1H3. The Balaban J connectivity index is 1.66. The van der Waals surface area contributed by atoms with Gasteiger partial charge in [-0.15, -0.1) is 11.3 Å². The molecule has 1 fully saturated rings. The Morgan fingerprint density at radius 2 is 2.03 bits per heavy atom. The Morgan fingerprint density at radius 1 is 1.17 bits per heavy atom. The molecule has 3 aromatic heterocycles. The molecule has 1 saturated heterocycles. The zero-order valence-electron chi connectivity index (χ0n) is 16.0. The van der Waals surface area contributed by atoms with Crippen LogP contribution in [-0.4, -0.2) is 41.1 Å². The van der Waals surface area contributed by atoms with Gasteiger partial charge in [0.2, 0.25) is 0 Å². The summed E-state index contributed by atoms with van der Waals surface area (Å²) in [6, 6.07) is 12.2. The summed E-state index contributed by atoms with van der Waals surface area (Å²) < 4.78 is 7.87. The average molecular weight is 425 g/mol. The van der Waals surface area contributed by atoms with E-state index in [1.54, 1.807) is 27.4 Å². The van der Waals surface area contributed by atoms with E-state index in [0.29, 0.717) is 25.3 Å². The van der Waals surface area contributed by atoms with E-state index in [2.05, 4.69) is 24.0 Å². The van der Waals surface area contributed by atoms with Crippen LogP contribution in [0.5, 0.6) is 0 Å². The maximum Gasteiger partial charge on any atom is 0.294 e. The van der Waals surface area contributed by atoms with Crippen molar-refractivity contribution in [3.8, 4) is 10.6 Å². The molecule has 0 bridgehead atoms. The molecular formula is C21H20N4O2S2. The molecule has 0 N–H and O–H groups in total. The van der Waals surface area contributed by atoms with Crippen molar-refractivity contribution in [2.45, 2.75) is 13.5 Å². The number of aryl methyl sites for hydroxylation is 1. The maximum atomic E-state index is 13.2. The first-order valence-electron chi connectivity index (χ1n) is 9.53. The lowest BCUT2D eigenvalue weighted by molar-refractivity contribution is 0.122. The molecule has 1 aromatic carbocycles. The van der Waals surface area contributed by atoms with Gasteiger partial charge in [-0.25, -0.2) is 9.67 Å². The largest absolute Gasteiger partial charge is 0.378 e. The van der Waals surface area contributed by atoms with Crippen LogP contribution < -0.4 is 10.5 Å². The van der Waals surface area contributed by atoms with Crippen molar-refractivity contribution in [3.05, 3.63) is 63.3 Å². The van der Waals surface area contributed by atoms with E-state index in [9.17, 15) is 4.79 Å². The number of ether oxygens (including phenoxy) is 1. The van der Waals surface area contributed by atoms with Crippen molar-refractivity contribution in [2.75, 3.05) is 31.2 Å². The summed E-state index contributed by atoms with van der Waals surface area (Å²) in [5.74, 6) is 0. The van der Waals surface area contributed by atoms with Crippen LogP contribution in [0.2, 0.25) is 0 Å². The molecule has 0 spiro atoms. The first kappa shape index (κ1) is 18.5. The van der Waals surface area contributed by atoms with Crippen LogP contribution in [0.15, 0.2) is 46.6 Å². The molecule has 0 radical (unpaired) electrons. The van der Waals surface area contributed by atoms with E-state index >= 15 is 0 Å². The van der Waals surface area contributed by atoms with E-state index in [4.69, 9.17) is 14.8 Å². The first-order valence-corrected chi connectivity index (χ1v) is 11.2. The number of fused-ring (bicyclic) bond motifs is 1. The third kappa shape index (κ3) is 3.59. The SMILES string of the molecule is Cc1cccc(Cn2nc(-c3cccs3)c3sc(N4CCOCC4)nc3c2=O)c1. The van der Waals surface area contributed by atoms with Crippen LogP contribution in [0.4, 0.5) is 5.13 Å². The second-order valence-corrected chi connectivity index (χ2v) is 8.98. The number of morpholine rings is 1. The van der Waals surface area contributed by atoms with Crippen LogP contribution in [-0.2, 0) is 11.3 Å². The highest BCUT2D eigenvalue weighted by Crippen LogP contribution is 2.35. The molecule has 29 heavy (non-hydrogen) atoms. The zero-order chi connectivity index (χ0) is 19.8. The number of hydrogen-bond acceptors (Lipinski definition) is 7. The summed E-state index contributed by atoms with van der Waals surface area (Å²) >= 11 is 3.18. The average Bonchev–Trinajstić information content (AvgIpc) is 3.41. The fraction of sp³-hybridized carbons (Fsp3) is 0.286. The van der Waals surface area contributed by atoms with Gasteiger partial charge >= 0.3 is 0 Å². The van der Waals surface area contributed by atoms with Gasteiger partial charge in [-0.3, -0.25) is 4.79 Å². The summed E-state index contributed by atoms with van der Waals surface area (Å²) in [6.45, 7) is 5.43. The fourth-order valence-corrected chi connectivity index (χ4v) is 5.39. The lowest BCUT2D eigenvalue weighted by Gasteiger charge is -2.25. The summed E-state index contributed by atoms with van der Waals surface area (Å²) in [6.07, 6.45) is 0. The maximum absolute atomic E-state index is 13.2. The molecule has 4 aromatic rings. The van der Waals surface area contributed by atoms with Crippen LogP contribution in [0.3, 0.4) is 0 Å². The van der Waals surface area contributed by atoms with Gasteiger partial charge < -0.3 is 9.64 Å². The Hall–Kier alpha value is -2.55. The molecule has 4 heterocycles. The van der Waals surface area contributed by atoms with E-state index in [0.717, 1.165) is 39.1 Å². The summed E-state index contributed by atoms with van der Waals surface area (Å²) in [4.78, 5) is 21.2. The van der Waals surface area contributed by atoms with Gasteiger partial charge in [0.15, 0.2) is 10.6 Å². The molecule has 1 aliphatic rings. The predicted octanol–water partition coefficient (Wildman–Crippen LogP) is 3.77. The molecule has 0 unspecified atom stereocenters. The van der Waals surface area contributed by atoms with Crippen molar-refractivity contribution in [2.24, 2.45) is 0 Å². The van der Waals surface area contributed by atoms with E-state index < -0.39 is 0 Å². The van der Waals surface area contributed by atoms with Crippen molar-refractivity contribution in [3.63, 3.8) is 0 Å². The second kappa shape index (κ2) is 7.70. The third-order valence-electron chi connectivity index (χ3n) is 4.94. The smallest absolute Gasteiger partial charge is 0.294 e. The van der Waals surface area contributed by atoms with Gasteiger partial charge in [0.25, 0.3) is 5.56 Å². The predicted molar refractivity (Wildman–Crippen MR) is 118 cm³/mol. The number of thiazole rings is 1. The molecule has 0 atom stereocenters. The Kier molecular flexibility index (Phi) is 4.91. The summed E-state index contributed by atoms with van der Waals surface area (Å²) in [5, 5.41) is 7.67. The van der Waals surface area contributed by atoms with Gasteiger partial charge in [0.1, 0.15) is 5.69 Å². The van der Waals surface area contributed by atoms with E-state index in [1.807, 2.05) is 29.6 Å². The molecule has 0 saturated carbocycles. The molecule has 1 aliphatic heterocycles. The minimum atomic E-state index is -0.141. The Labute approximate surface area is 176 Å². The monoisotopic (exact) mass is 424 g/mol. The second-order valence-electron chi connectivity index (χ2n) is 7.05. The van der Waals surface area contributed by atoms with Gasteiger partial charge in [0.05, 0.1) is 29.3 Å². The number of anilines is 1. The number of benzene rings is 1. The first-order chi connectivity index (χ1) is 14.2. The van der Waals surface area contributed by atoms with Crippen LogP contribution in [0.1, 0.15) is 11.1 Å². The highest BCUT2D eigenvalue weighted by atomic mass is 32.1. The van der Waals surface area contributed by atoms with Gasteiger partial charge in [0, 0.05) is 13.1 Å². The number of rotatable bonds is 4. The minimum absolute atomic E-state index is 0.141. The normalized spacial score (nSPS) is 14.6. The molecular weight excluding hydrogens is 404 g/mol. The molecule has 0 amide bonds. The molecule has 8 heteroatoms.